The minimum atomic E-state index is -0.824. The van der Waals surface area contributed by atoms with Gasteiger partial charge in [-0.2, -0.15) is 0 Å². The van der Waals surface area contributed by atoms with E-state index in [1.54, 1.807) is 23.1 Å². The highest BCUT2D eigenvalue weighted by molar-refractivity contribution is 6.31. The van der Waals surface area contributed by atoms with E-state index >= 15 is 0 Å². The van der Waals surface area contributed by atoms with Gasteiger partial charge < -0.3 is 14.7 Å². The van der Waals surface area contributed by atoms with Crippen molar-refractivity contribution in [2.75, 3.05) is 20.2 Å². The highest BCUT2D eigenvalue weighted by atomic mass is 35.5. The molecule has 0 saturated carbocycles. The van der Waals surface area contributed by atoms with Gasteiger partial charge in [-0.15, -0.1) is 0 Å². The van der Waals surface area contributed by atoms with Crippen LogP contribution in [0.25, 0.3) is 0 Å². The predicted octanol–water partition coefficient (Wildman–Crippen LogP) is 2.68. The van der Waals surface area contributed by atoms with E-state index in [1.807, 2.05) is 0 Å². The van der Waals surface area contributed by atoms with Gasteiger partial charge in [-0.1, -0.05) is 11.6 Å². The number of carbonyl (C=O) groups is 2. The lowest BCUT2D eigenvalue weighted by atomic mass is 9.94. The second-order valence-corrected chi connectivity index (χ2v) is 5.64. The molecule has 1 fully saturated rings. The zero-order valence-corrected chi connectivity index (χ0v) is 12.6. The average Bonchev–Trinajstić information content (AvgIpc) is 2.46. The Morgan fingerprint density at radius 1 is 1.48 bits per heavy atom. The summed E-state index contributed by atoms with van der Waals surface area (Å²) in [4.78, 5) is 25.1. The first kappa shape index (κ1) is 15.6. The van der Waals surface area contributed by atoms with Crippen LogP contribution in [0.2, 0.25) is 5.02 Å². The van der Waals surface area contributed by atoms with E-state index in [0.717, 1.165) is 12.8 Å². The Labute approximate surface area is 128 Å². The standard InChI is InChI=1S/C15H18ClNO4/c1-21-13-5-4-11(16)8-12(13)15(20)17-6-2-3-10(9-17)7-14(18)19/h4-5,8,10H,2-3,6-7,9H2,1H3,(H,18,19). The lowest BCUT2D eigenvalue weighted by Gasteiger charge is -2.32. The van der Waals surface area contributed by atoms with Gasteiger partial charge >= 0.3 is 5.97 Å². The van der Waals surface area contributed by atoms with Crippen LogP contribution in [0, 0.1) is 5.92 Å². The number of carboxylic acids is 1. The summed E-state index contributed by atoms with van der Waals surface area (Å²) in [5.41, 5.74) is 0.418. The van der Waals surface area contributed by atoms with Crippen LogP contribution in [0.15, 0.2) is 18.2 Å². The Hall–Kier alpha value is -1.75. The van der Waals surface area contributed by atoms with Gasteiger partial charge in [0.25, 0.3) is 5.91 Å². The highest BCUT2D eigenvalue weighted by Gasteiger charge is 2.27. The summed E-state index contributed by atoms with van der Waals surface area (Å²) in [7, 11) is 1.50. The van der Waals surface area contributed by atoms with Crippen LogP contribution in [0.4, 0.5) is 0 Å². The summed E-state index contributed by atoms with van der Waals surface area (Å²) in [5.74, 6) is -0.505. The Morgan fingerprint density at radius 2 is 2.24 bits per heavy atom. The van der Waals surface area contributed by atoms with Crippen molar-refractivity contribution in [3.63, 3.8) is 0 Å². The highest BCUT2D eigenvalue weighted by Crippen LogP contribution is 2.27. The van der Waals surface area contributed by atoms with E-state index in [0.29, 0.717) is 29.4 Å². The minimum absolute atomic E-state index is 0.00498. The molecule has 1 aromatic rings. The molecule has 0 aromatic heterocycles. The fourth-order valence-corrected chi connectivity index (χ4v) is 2.85. The van der Waals surface area contributed by atoms with Gasteiger partial charge in [0.2, 0.25) is 0 Å². The molecule has 21 heavy (non-hydrogen) atoms. The molecule has 6 heteroatoms. The number of methoxy groups -OCH3 is 1. The Kier molecular flexibility index (Phi) is 5.07. The second kappa shape index (κ2) is 6.80. The Balaban J connectivity index is 2.15. The number of ether oxygens (including phenoxy) is 1. The molecule has 1 heterocycles. The molecule has 1 aromatic carbocycles. The summed E-state index contributed by atoms with van der Waals surface area (Å²) in [5, 5.41) is 9.36. The zero-order valence-electron chi connectivity index (χ0n) is 11.8. The molecular formula is C15H18ClNO4. The van der Waals surface area contributed by atoms with Gasteiger partial charge in [0.05, 0.1) is 12.7 Å². The number of carboxylic acid groups (broad SMARTS) is 1. The number of benzene rings is 1. The molecule has 0 bridgehead atoms. The van der Waals surface area contributed by atoms with Crippen molar-refractivity contribution in [2.24, 2.45) is 5.92 Å². The number of hydrogen-bond acceptors (Lipinski definition) is 3. The number of hydrogen-bond donors (Lipinski definition) is 1. The molecule has 1 amide bonds. The SMILES string of the molecule is COc1ccc(Cl)cc1C(=O)N1CCCC(CC(=O)O)C1. The molecule has 1 unspecified atom stereocenters. The molecule has 0 spiro atoms. The van der Waals surface area contributed by atoms with Crippen molar-refractivity contribution in [3.8, 4) is 5.75 Å². The van der Waals surface area contributed by atoms with E-state index in [1.165, 1.54) is 7.11 Å². The van der Waals surface area contributed by atoms with E-state index < -0.39 is 5.97 Å². The van der Waals surface area contributed by atoms with E-state index in [2.05, 4.69) is 0 Å². The largest absolute Gasteiger partial charge is 0.496 e. The van der Waals surface area contributed by atoms with Crippen LogP contribution >= 0.6 is 11.6 Å². The summed E-state index contributed by atoms with van der Waals surface area (Å²) in [6.45, 7) is 1.09. The van der Waals surface area contributed by atoms with Crippen LogP contribution < -0.4 is 4.74 Å². The first-order valence-corrected chi connectivity index (χ1v) is 7.23. The Morgan fingerprint density at radius 3 is 2.90 bits per heavy atom. The van der Waals surface area contributed by atoms with Crippen LogP contribution in [0.1, 0.15) is 29.6 Å². The lowest BCUT2D eigenvalue weighted by molar-refractivity contribution is -0.138. The van der Waals surface area contributed by atoms with E-state index in [9.17, 15) is 9.59 Å². The van der Waals surface area contributed by atoms with E-state index in [-0.39, 0.29) is 18.2 Å². The smallest absolute Gasteiger partial charge is 0.303 e. The molecule has 0 aliphatic carbocycles. The first-order chi connectivity index (χ1) is 10.0. The number of amides is 1. The molecule has 0 radical (unpaired) electrons. The third-order valence-corrected chi connectivity index (χ3v) is 3.90. The molecule has 1 saturated heterocycles. The fraction of sp³-hybridized carbons (Fsp3) is 0.467. The monoisotopic (exact) mass is 311 g/mol. The van der Waals surface area contributed by atoms with E-state index in [4.69, 9.17) is 21.4 Å². The molecule has 1 N–H and O–H groups in total. The van der Waals surface area contributed by atoms with Gasteiger partial charge in [-0.25, -0.2) is 0 Å². The van der Waals surface area contributed by atoms with Crippen molar-refractivity contribution < 1.29 is 19.4 Å². The zero-order chi connectivity index (χ0) is 15.4. The topological polar surface area (TPSA) is 66.8 Å². The molecule has 1 atom stereocenters. The quantitative estimate of drug-likeness (QED) is 0.928. The van der Waals surface area contributed by atoms with Crippen LogP contribution in [0.3, 0.4) is 0 Å². The maximum Gasteiger partial charge on any atom is 0.303 e. The van der Waals surface area contributed by atoms with Gasteiger partial charge in [0.15, 0.2) is 0 Å². The number of halogens is 1. The maximum atomic E-state index is 12.6. The van der Waals surface area contributed by atoms with Crippen molar-refractivity contribution in [1.29, 1.82) is 0 Å². The third kappa shape index (κ3) is 3.88. The average molecular weight is 312 g/mol. The second-order valence-electron chi connectivity index (χ2n) is 5.20. The lowest BCUT2D eigenvalue weighted by Crippen LogP contribution is -2.40. The van der Waals surface area contributed by atoms with Gasteiger partial charge in [0, 0.05) is 24.5 Å². The van der Waals surface area contributed by atoms with Crippen molar-refractivity contribution in [2.45, 2.75) is 19.3 Å². The van der Waals surface area contributed by atoms with Gasteiger partial charge in [-0.3, -0.25) is 9.59 Å². The first-order valence-electron chi connectivity index (χ1n) is 6.86. The van der Waals surface area contributed by atoms with Crippen LogP contribution in [-0.2, 0) is 4.79 Å². The van der Waals surface area contributed by atoms with Crippen molar-refractivity contribution in [3.05, 3.63) is 28.8 Å². The third-order valence-electron chi connectivity index (χ3n) is 3.66. The number of piperidine rings is 1. The molecular weight excluding hydrogens is 294 g/mol. The summed E-state index contributed by atoms with van der Waals surface area (Å²) in [6.07, 6.45) is 1.74. The molecule has 114 valence electrons. The normalized spacial score (nSPS) is 18.4. The molecule has 2 rings (SSSR count). The summed E-state index contributed by atoms with van der Waals surface area (Å²) < 4.78 is 5.20. The number of nitrogens with zero attached hydrogens (tertiary/aromatic N) is 1. The van der Waals surface area contributed by atoms with Gasteiger partial charge in [0.1, 0.15) is 5.75 Å². The number of carbonyl (C=O) groups excluding carboxylic acids is 1. The number of aliphatic carboxylic acids is 1. The van der Waals surface area contributed by atoms with Crippen LogP contribution in [-0.4, -0.2) is 42.1 Å². The summed E-state index contributed by atoms with van der Waals surface area (Å²) >= 11 is 5.95. The molecule has 1 aliphatic rings. The van der Waals surface area contributed by atoms with Gasteiger partial charge in [-0.05, 0) is 37.0 Å². The minimum Gasteiger partial charge on any atom is -0.496 e. The fourth-order valence-electron chi connectivity index (χ4n) is 2.68. The molecule has 1 aliphatic heterocycles. The van der Waals surface area contributed by atoms with Crippen LogP contribution in [0.5, 0.6) is 5.75 Å². The molecule has 5 nitrogen and oxygen atoms in total. The van der Waals surface area contributed by atoms with Crippen molar-refractivity contribution in [1.82, 2.24) is 4.90 Å². The Bertz CT molecular complexity index is 546. The maximum absolute atomic E-state index is 12.6. The summed E-state index contributed by atoms with van der Waals surface area (Å²) in [6, 6.07) is 4.92. The number of likely N-dealkylation sites (tertiary alicyclic amines) is 1. The number of rotatable bonds is 4. The van der Waals surface area contributed by atoms with Crippen molar-refractivity contribution >= 4 is 23.5 Å². The predicted molar refractivity (Wildman–Crippen MR) is 78.9 cm³/mol.